The number of hydrogen-bond donors (Lipinski definition) is 1. The van der Waals surface area contributed by atoms with Crippen LogP contribution >= 0.6 is 0 Å². The van der Waals surface area contributed by atoms with E-state index in [9.17, 15) is 4.79 Å². The fourth-order valence-corrected chi connectivity index (χ4v) is 3.83. The number of ether oxygens (including phenoxy) is 2. The van der Waals surface area contributed by atoms with Crippen LogP contribution in [0.4, 0.5) is 0 Å². The number of carbonyl (C=O) groups excluding carboxylic acids is 1. The number of quaternary nitrogens is 1. The van der Waals surface area contributed by atoms with Gasteiger partial charge in [-0.25, -0.2) is 0 Å². The number of nitrogens with zero attached hydrogens (tertiary/aromatic N) is 1. The predicted molar refractivity (Wildman–Crippen MR) is 103 cm³/mol. The van der Waals surface area contributed by atoms with E-state index in [0.717, 1.165) is 62.8 Å². The molecule has 0 bridgehead atoms. The molecule has 0 atom stereocenters. The summed E-state index contributed by atoms with van der Waals surface area (Å²) in [6.07, 6.45) is 1.02. The summed E-state index contributed by atoms with van der Waals surface area (Å²) >= 11 is 0. The first-order valence-electron chi connectivity index (χ1n) is 9.73. The molecule has 5 heteroatoms. The molecule has 2 heterocycles. The van der Waals surface area contributed by atoms with Gasteiger partial charge < -0.3 is 19.3 Å². The van der Waals surface area contributed by atoms with Crippen molar-refractivity contribution in [1.29, 1.82) is 0 Å². The molecule has 2 aliphatic rings. The summed E-state index contributed by atoms with van der Waals surface area (Å²) < 4.78 is 11.2. The molecular formula is C22H27N2O3+. The van der Waals surface area contributed by atoms with Gasteiger partial charge >= 0.3 is 0 Å². The molecule has 0 aliphatic carbocycles. The molecule has 5 nitrogen and oxygen atoms in total. The minimum absolute atomic E-state index is 0.0743. The Morgan fingerprint density at radius 1 is 1.19 bits per heavy atom. The van der Waals surface area contributed by atoms with E-state index in [4.69, 9.17) is 9.47 Å². The molecule has 4 rings (SSSR count). The minimum Gasteiger partial charge on any atom is -0.493 e. The van der Waals surface area contributed by atoms with Gasteiger partial charge in [-0.1, -0.05) is 12.1 Å². The highest BCUT2D eigenvalue weighted by Crippen LogP contribution is 2.25. The Kier molecular flexibility index (Phi) is 5.30. The standard InChI is InChI=1S/C22H26N2O3/c1-17-3-2-4-20(13-17)27-16-22(25)24-10-8-23(9-11-24)15-18-5-6-21-19(14-18)7-12-26-21/h2-6,13-14H,7-12,15-16H2,1H3/p+1. The fourth-order valence-electron chi connectivity index (χ4n) is 3.83. The van der Waals surface area contributed by atoms with Gasteiger partial charge in [0.2, 0.25) is 0 Å². The third-order valence-corrected chi connectivity index (χ3v) is 5.38. The average Bonchev–Trinajstić information content (AvgIpc) is 3.15. The maximum atomic E-state index is 12.4. The molecule has 0 radical (unpaired) electrons. The summed E-state index contributed by atoms with van der Waals surface area (Å²) in [5.41, 5.74) is 3.82. The van der Waals surface area contributed by atoms with Crippen LogP contribution in [-0.4, -0.2) is 50.2 Å². The Morgan fingerprint density at radius 3 is 2.85 bits per heavy atom. The van der Waals surface area contributed by atoms with Crippen molar-refractivity contribution >= 4 is 5.91 Å². The lowest BCUT2D eigenvalue weighted by Crippen LogP contribution is -3.13. The van der Waals surface area contributed by atoms with Crippen LogP contribution in [0.1, 0.15) is 16.7 Å². The molecule has 2 aromatic rings. The summed E-state index contributed by atoms with van der Waals surface area (Å²) in [7, 11) is 0. The van der Waals surface area contributed by atoms with Crippen molar-refractivity contribution in [2.24, 2.45) is 0 Å². The SMILES string of the molecule is Cc1cccc(OCC(=O)N2CC[NH+](Cc3ccc4c(c3)CCO4)CC2)c1. The topological polar surface area (TPSA) is 43.2 Å². The van der Waals surface area contributed by atoms with Crippen LogP contribution in [0, 0.1) is 6.92 Å². The van der Waals surface area contributed by atoms with E-state index in [1.807, 2.05) is 36.1 Å². The Balaban J connectivity index is 1.24. The molecule has 1 saturated heterocycles. The minimum atomic E-state index is 0.0743. The first-order valence-corrected chi connectivity index (χ1v) is 9.73. The van der Waals surface area contributed by atoms with Crippen molar-refractivity contribution in [3.8, 4) is 11.5 Å². The quantitative estimate of drug-likeness (QED) is 0.865. The number of rotatable bonds is 5. The van der Waals surface area contributed by atoms with Crippen LogP contribution in [0.25, 0.3) is 0 Å². The summed E-state index contributed by atoms with van der Waals surface area (Å²) in [6, 6.07) is 14.4. The van der Waals surface area contributed by atoms with Crippen molar-refractivity contribution in [2.75, 3.05) is 39.4 Å². The van der Waals surface area contributed by atoms with Gasteiger partial charge in [-0.3, -0.25) is 4.79 Å². The predicted octanol–water partition coefficient (Wildman–Crippen LogP) is 1.24. The molecular weight excluding hydrogens is 340 g/mol. The Morgan fingerprint density at radius 2 is 2.04 bits per heavy atom. The smallest absolute Gasteiger partial charge is 0.260 e. The normalized spacial score (nSPS) is 16.7. The van der Waals surface area contributed by atoms with E-state index in [1.54, 1.807) is 0 Å². The molecule has 0 aromatic heterocycles. The monoisotopic (exact) mass is 367 g/mol. The summed E-state index contributed by atoms with van der Waals surface area (Å²) in [5.74, 6) is 1.87. The van der Waals surface area contributed by atoms with Crippen molar-refractivity contribution in [1.82, 2.24) is 4.90 Å². The van der Waals surface area contributed by atoms with Crippen LogP contribution in [0.2, 0.25) is 0 Å². The van der Waals surface area contributed by atoms with Crippen LogP contribution < -0.4 is 14.4 Å². The van der Waals surface area contributed by atoms with Crippen LogP contribution in [0.5, 0.6) is 11.5 Å². The summed E-state index contributed by atoms with van der Waals surface area (Å²) in [5, 5.41) is 0. The van der Waals surface area contributed by atoms with Crippen LogP contribution in [0.3, 0.4) is 0 Å². The number of nitrogens with one attached hydrogen (secondary N) is 1. The lowest BCUT2D eigenvalue weighted by atomic mass is 10.1. The lowest BCUT2D eigenvalue weighted by Gasteiger charge is -2.32. The number of amides is 1. The zero-order valence-corrected chi connectivity index (χ0v) is 15.9. The lowest BCUT2D eigenvalue weighted by molar-refractivity contribution is -0.917. The number of carbonyl (C=O) groups is 1. The first-order chi connectivity index (χ1) is 13.2. The van der Waals surface area contributed by atoms with E-state index in [0.29, 0.717) is 0 Å². The van der Waals surface area contributed by atoms with Gasteiger partial charge in [0, 0.05) is 12.0 Å². The first kappa shape index (κ1) is 17.9. The van der Waals surface area contributed by atoms with Crippen molar-refractivity contribution < 1.29 is 19.2 Å². The van der Waals surface area contributed by atoms with Gasteiger partial charge in [-0.2, -0.15) is 0 Å². The molecule has 2 aromatic carbocycles. The molecule has 0 spiro atoms. The molecule has 27 heavy (non-hydrogen) atoms. The number of hydrogen-bond acceptors (Lipinski definition) is 3. The molecule has 1 fully saturated rings. The van der Waals surface area contributed by atoms with E-state index >= 15 is 0 Å². The molecule has 2 aliphatic heterocycles. The second-order valence-electron chi connectivity index (χ2n) is 7.45. The number of aryl methyl sites for hydroxylation is 1. The average molecular weight is 367 g/mol. The Hall–Kier alpha value is -2.53. The molecule has 1 N–H and O–H groups in total. The van der Waals surface area contributed by atoms with E-state index < -0.39 is 0 Å². The fraction of sp³-hybridized carbons (Fsp3) is 0.409. The van der Waals surface area contributed by atoms with Gasteiger partial charge in [0.05, 0.1) is 32.8 Å². The Bertz CT molecular complexity index is 813. The number of piperazine rings is 1. The third kappa shape index (κ3) is 4.42. The zero-order chi connectivity index (χ0) is 18.6. The molecule has 0 unspecified atom stereocenters. The van der Waals surface area contributed by atoms with Gasteiger partial charge in [0.1, 0.15) is 18.0 Å². The molecule has 0 saturated carbocycles. The van der Waals surface area contributed by atoms with E-state index in [1.165, 1.54) is 16.0 Å². The molecule has 1 amide bonds. The van der Waals surface area contributed by atoms with Crippen molar-refractivity contribution in [2.45, 2.75) is 19.9 Å². The largest absolute Gasteiger partial charge is 0.493 e. The maximum absolute atomic E-state index is 12.4. The van der Waals surface area contributed by atoms with Gasteiger partial charge in [-0.05, 0) is 48.4 Å². The van der Waals surface area contributed by atoms with Crippen molar-refractivity contribution in [3.05, 3.63) is 59.2 Å². The highest BCUT2D eigenvalue weighted by molar-refractivity contribution is 5.77. The van der Waals surface area contributed by atoms with Gasteiger partial charge in [0.15, 0.2) is 6.61 Å². The van der Waals surface area contributed by atoms with Gasteiger partial charge in [-0.15, -0.1) is 0 Å². The van der Waals surface area contributed by atoms with Crippen LogP contribution in [-0.2, 0) is 17.8 Å². The second kappa shape index (κ2) is 8.01. The zero-order valence-electron chi connectivity index (χ0n) is 15.9. The number of benzene rings is 2. The second-order valence-corrected chi connectivity index (χ2v) is 7.45. The third-order valence-electron chi connectivity index (χ3n) is 5.38. The van der Waals surface area contributed by atoms with E-state index in [-0.39, 0.29) is 12.5 Å². The summed E-state index contributed by atoms with van der Waals surface area (Å²) in [4.78, 5) is 15.9. The highest BCUT2D eigenvalue weighted by atomic mass is 16.5. The van der Waals surface area contributed by atoms with Gasteiger partial charge in [0.25, 0.3) is 5.91 Å². The maximum Gasteiger partial charge on any atom is 0.260 e. The Labute approximate surface area is 160 Å². The highest BCUT2D eigenvalue weighted by Gasteiger charge is 2.24. The molecule has 142 valence electrons. The van der Waals surface area contributed by atoms with Crippen molar-refractivity contribution in [3.63, 3.8) is 0 Å². The van der Waals surface area contributed by atoms with Crippen LogP contribution in [0.15, 0.2) is 42.5 Å². The number of fused-ring (bicyclic) bond motifs is 1. The van der Waals surface area contributed by atoms with E-state index in [2.05, 4.69) is 18.2 Å². The summed E-state index contributed by atoms with van der Waals surface area (Å²) in [6.45, 7) is 7.48.